The van der Waals surface area contributed by atoms with E-state index in [1.54, 1.807) is 22.5 Å². The quantitative estimate of drug-likeness (QED) is 0.529. The van der Waals surface area contributed by atoms with Gasteiger partial charge in [0, 0.05) is 24.5 Å². The summed E-state index contributed by atoms with van der Waals surface area (Å²) in [4.78, 5) is 23.3. The van der Waals surface area contributed by atoms with E-state index in [0.29, 0.717) is 35.0 Å². The highest BCUT2D eigenvalue weighted by atomic mass is 19.1. The number of halogens is 1. The zero-order valence-corrected chi connectivity index (χ0v) is 15.9. The van der Waals surface area contributed by atoms with Crippen LogP contribution in [0.5, 0.6) is 0 Å². The normalized spacial score (nSPS) is 18.2. The molecule has 0 saturated heterocycles. The number of hydrogen-bond donors (Lipinski definition) is 0. The molecule has 5 rings (SSSR count). The van der Waals surface area contributed by atoms with Crippen molar-refractivity contribution in [3.05, 3.63) is 65.9 Å². The Morgan fingerprint density at radius 3 is 2.93 bits per heavy atom. The Bertz CT molecular complexity index is 1230. The first-order valence-corrected chi connectivity index (χ1v) is 9.32. The second-order valence-corrected chi connectivity index (χ2v) is 7.25. The molecule has 4 aromatic rings. The third-order valence-electron chi connectivity index (χ3n) is 5.24. The van der Waals surface area contributed by atoms with E-state index in [9.17, 15) is 9.18 Å². The highest BCUT2D eigenvalue weighted by molar-refractivity contribution is 6.05. The van der Waals surface area contributed by atoms with Gasteiger partial charge in [-0.2, -0.15) is 4.98 Å². The van der Waals surface area contributed by atoms with Crippen molar-refractivity contribution in [2.75, 3.05) is 11.9 Å². The van der Waals surface area contributed by atoms with Crippen LogP contribution in [0.15, 0.2) is 53.3 Å². The van der Waals surface area contributed by atoms with E-state index >= 15 is 0 Å². The number of anilines is 1. The van der Waals surface area contributed by atoms with E-state index < -0.39 is 6.17 Å². The van der Waals surface area contributed by atoms with Crippen LogP contribution in [0.2, 0.25) is 0 Å². The number of pyridine rings is 1. The Kier molecular flexibility index (Phi) is 3.94. The van der Waals surface area contributed by atoms with Gasteiger partial charge in [-0.25, -0.2) is 9.37 Å². The fourth-order valence-electron chi connectivity index (χ4n) is 3.40. The number of amides is 1. The largest absolute Gasteiger partial charge is 0.339 e. The van der Waals surface area contributed by atoms with Crippen LogP contribution in [0.4, 0.5) is 10.1 Å². The summed E-state index contributed by atoms with van der Waals surface area (Å²) in [5, 5.41) is 3.98. The number of aryl methyl sites for hydroxylation is 1. The number of carbonyl (C=O) groups is 1. The summed E-state index contributed by atoms with van der Waals surface area (Å²) in [6, 6.07) is 11.2. The monoisotopic (exact) mass is 391 g/mol. The van der Waals surface area contributed by atoms with Crippen molar-refractivity contribution in [1.29, 1.82) is 0 Å². The lowest BCUT2D eigenvalue weighted by atomic mass is 10.1. The minimum Gasteiger partial charge on any atom is -0.339 e. The number of hydrogen-bond acceptors (Lipinski definition) is 5. The molecule has 0 N–H and O–H groups in total. The number of alkyl halides is 1. The molecule has 1 fully saturated rings. The lowest BCUT2D eigenvalue weighted by molar-refractivity contribution is 0.0987. The summed E-state index contributed by atoms with van der Waals surface area (Å²) >= 11 is 0. The first-order chi connectivity index (χ1) is 14.0. The maximum absolute atomic E-state index is 13.3. The molecule has 1 aromatic carbocycles. The molecule has 0 aliphatic heterocycles. The number of carbonyl (C=O) groups excluding carboxylic acids is 1. The minimum atomic E-state index is -0.897. The molecule has 0 radical (unpaired) electrons. The third kappa shape index (κ3) is 2.97. The van der Waals surface area contributed by atoms with E-state index in [0.717, 1.165) is 11.3 Å². The first-order valence-electron chi connectivity index (χ1n) is 9.32. The van der Waals surface area contributed by atoms with Gasteiger partial charge in [0.15, 0.2) is 0 Å². The molecule has 1 amide bonds. The van der Waals surface area contributed by atoms with Crippen LogP contribution in [0.3, 0.4) is 0 Å². The molecular weight excluding hydrogens is 373 g/mol. The molecule has 29 heavy (non-hydrogen) atoms. The molecule has 3 heterocycles. The van der Waals surface area contributed by atoms with E-state index in [4.69, 9.17) is 4.52 Å². The van der Waals surface area contributed by atoms with Crippen molar-refractivity contribution in [1.82, 2.24) is 19.5 Å². The Morgan fingerprint density at radius 1 is 1.31 bits per heavy atom. The summed E-state index contributed by atoms with van der Waals surface area (Å²) in [6.45, 7) is 1.93. The molecule has 8 heteroatoms. The highest BCUT2D eigenvalue weighted by Gasteiger charge is 2.43. The summed E-state index contributed by atoms with van der Waals surface area (Å²) in [5.74, 6) is 0.234. The van der Waals surface area contributed by atoms with Gasteiger partial charge in [0.1, 0.15) is 17.5 Å². The summed E-state index contributed by atoms with van der Waals surface area (Å²) < 4.78 is 20.2. The van der Waals surface area contributed by atoms with Crippen LogP contribution < -0.4 is 4.90 Å². The van der Waals surface area contributed by atoms with Gasteiger partial charge in [0.05, 0.1) is 12.1 Å². The van der Waals surface area contributed by atoms with Crippen molar-refractivity contribution in [2.24, 2.45) is 0 Å². The maximum atomic E-state index is 13.3. The molecule has 2 atom stereocenters. The lowest BCUT2D eigenvalue weighted by Gasteiger charge is -2.20. The van der Waals surface area contributed by atoms with Gasteiger partial charge in [-0.15, -0.1) is 0 Å². The van der Waals surface area contributed by atoms with Gasteiger partial charge in [-0.3, -0.25) is 9.20 Å². The van der Waals surface area contributed by atoms with Crippen LogP contribution >= 0.6 is 0 Å². The zero-order chi connectivity index (χ0) is 20.1. The number of imidazole rings is 1. The smallest absolute Gasteiger partial charge is 0.276 e. The van der Waals surface area contributed by atoms with Crippen LogP contribution in [-0.4, -0.2) is 38.7 Å². The predicted molar refractivity (Wildman–Crippen MR) is 105 cm³/mol. The number of benzene rings is 1. The Morgan fingerprint density at radius 2 is 2.14 bits per heavy atom. The van der Waals surface area contributed by atoms with Gasteiger partial charge in [-0.1, -0.05) is 23.4 Å². The zero-order valence-electron chi connectivity index (χ0n) is 15.9. The molecule has 1 aliphatic carbocycles. The van der Waals surface area contributed by atoms with E-state index in [1.165, 1.54) is 0 Å². The number of nitrogens with zero attached hydrogens (tertiary/aromatic N) is 5. The summed E-state index contributed by atoms with van der Waals surface area (Å²) in [6.07, 6.45) is 2.91. The maximum Gasteiger partial charge on any atom is 0.276 e. The van der Waals surface area contributed by atoms with E-state index in [2.05, 4.69) is 15.1 Å². The first kappa shape index (κ1) is 17.5. The predicted octanol–water partition coefficient (Wildman–Crippen LogP) is 3.79. The molecule has 1 aliphatic rings. The second-order valence-electron chi connectivity index (χ2n) is 7.25. The van der Waals surface area contributed by atoms with Gasteiger partial charge < -0.3 is 9.42 Å². The van der Waals surface area contributed by atoms with Crippen LogP contribution in [0, 0.1) is 6.92 Å². The van der Waals surface area contributed by atoms with Crippen molar-refractivity contribution >= 4 is 17.2 Å². The molecule has 3 aromatic heterocycles. The standard InChI is InChI=1S/C21H18FN5O2/c1-12-6-7-13(19-24-20(29-25-19)14-10-15(14)22)9-16(12)26(2)21(28)17-11-23-18-5-3-4-8-27(17)18/h3-9,11,14-15H,10H2,1-2H3/t14-,15-/m0/s1. The fraction of sp³-hybridized carbons (Fsp3) is 0.238. The van der Waals surface area contributed by atoms with Crippen molar-refractivity contribution in [3.63, 3.8) is 0 Å². The Balaban J connectivity index is 1.48. The van der Waals surface area contributed by atoms with Gasteiger partial charge in [0.25, 0.3) is 5.91 Å². The molecule has 0 unspecified atom stereocenters. The molecule has 1 saturated carbocycles. The average molecular weight is 391 g/mol. The molecule has 146 valence electrons. The SMILES string of the molecule is Cc1ccc(-c2noc([C@H]3C[C@@H]3F)n2)cc1N(C)C(=O)c1cnc2ccccn12. The van der Waals surface area contributed by atoms with Crippen LogP contribution in [0.1, 0.15) is 34.3 Å². The van der Waals surface area contributed by atoms with Gasteiger partial charge in [-0.05, 0) is 37.1 Å². The van der Waals surface area contributed by atoms with Crippen molar-refractivity contribution < 1.29 is 13.7 Å². The number of rotatable bonds is 4. The van der Waals surface area contributed by atoms with Gasteiger partial charge >= 0.3 is 0 Å². The second kappa shape index (κ2) is 6.51. The third-order valence-corrected chi connectivity index (χ3v) is 5.24. The van der Waals surface area contributed by atoms with E-state index in [-0.39, 0.29) is 11.8 Å². The summed E-state index contributed by atoms with van der Waals surface area (Å²) in [7, 11) is 1.72. The van der Waals surface area contributed by atoms with Crippen LogP contribution in [-0.2, 0) is 0 Å². The fourth-order valence-corrected chi connectivity index (χ4v) is 3.40. The topological polar surface area (TPSA) is 76.5 Å². The number of fused-ring (bicyclic) bond motifs is 1. The Hall–Kier alpha value is -3.55. The number of aromatic nitrogens is 4. The Labute approximate surface area is 165 Å². The van der Waals surface area contributed by atoms with Crippen LogP contribution in [0.25, 0.3) is 17.0 Å². The molecule has 0 bridgehead atoms. The molecule has 7 nitrogen and oxygen atoms in total. The lowest BCUT2D eigenvalue weighted by Crippen LogP contribution is -2.28. The minimum absolute atomic E-state index is 0.184. The molecule has 0 spiro atoms. The van der Waals surface area contributed by atoms with Gasteiger partial charge in [0.2, 0.25) is 11.7 Å². The van der Waals surface area contributed by atoms with Crippen molar-refractivity contribution in [2.45, 2.75) is 25.4 Å². The highest BCUT2D eigenvalue weighted by Crippen LogP contribution is 2.43. The molecular formula is C21H18FN5O2. The summed E-state index contributed by atoms with van der Waals surface area (Å²) in [5.41, 5.74) is 3.53. The van der Waals surface area contributed by atoms with Crippen molar-refractivity contribution in [3.8, 4) is 11.4 Å². The average Bonchev–Trinajstić information content (AvgIpc) is 3.12. The van der Waals surface area contributed by atoms with E-state index in [1.807, 2.05) is 49.5 Å².